The quantitative estimate of drug-likeness (QED) is 0.489. The zero-order valence-corrected chi connectivity index (χ0v) is 19.2. The molecule has 174 valence electrons. The second-order valence-corrected chi connectivity index (χ2v) is 9.37. The van der Waals surface area contributed by atoms with Gasteiger partial charge in [0.1, 0.15) is 11.3 Å². The van der Waals surface area contributed by atoms with Crippen molar-refractivity contribution in [2.24, 2.45) is 5.92 Å². The molecule has 1 saturated heterocycles. The van der Waals surface area contributed by atoms with Gasteiger partial charge in [0.25, 0.3) is 11.8 Å². The number of aliphatic hydroxyl groups is 1. The summed E-state index contributed by atoms with van der Waals surface area (Å²) < 4.78 is 9.76. The summed E-state index contributed by atoms with van der Waals surface area (Å²) in [5, 5.41) is 17.4. The van der Waals surface area contributed by atoms with Gasteiger partial charge >= 0.3 is 0 Å². The molecule has 2 atom stereocenters. The molecule has 0 bridgehead atoms. The van der Waals surface area contributed by atoms with Crippen molar-refractivity contribution < 1.29 is 19.4 Å². The molecule has 2 amide bonds. The van der Waals surface area contributed by atoms with Gasteiger partial charge in [-0.1, -0.05) is 0 Å². The number of ether oxygens (including phenoxy) is 1. The SMILES string of the molecule is CNC(=O)c1c(C)cn2cc(Oc3ccnn4cc(C(=O)N5CC6C[C@]6(O)C5)c(C)c34)ccc12. The summed E-state index contributed by atoms with van der Waals surface area (Å²) in [5.74, 6) is 1.13. The van der Waals surface area contributed by atoms with E-state index in [0.29, 0.717) is 41.2 Å². The summed E-state index contributed by atoms with van der Waals surface area (Å²) in [6.07, 6.45) is 7.85. The summed E-state index contributed by atoms with van der Waals surface area (Å²) in [7, 11) is 1.62. The molecule has 6 rings (SSSR count). The zero-order chi connectivity index (χ0) is 23.8. The predicted octanol–water partition coefficient (Wildman–Crippen LogP) is 2.56. The van der Waals surface area contributed by atoms with Crippen LogP contribution in [0.5, 0.6) is 11.5 Å². The van der Waals surface area contributed by atoms with E-state index < -0.39 is 5.60 Å². The number of nitrogens with one attached hydrogen (secondary N) is 1. The Balaban J connectivity index is 1.34. The van der Waals surface area contributed by atoms with Crippen molar-refractivity contribution in [2.75, 3.05) is 20.1 Å². The minimum atomic E-state index is -0.692. The van der Waals surface area contributed by atoms with Crippen molar-refractivity contribution in [3.05, 3.63) is 65.2 Å². The Morgan fingerprint density at radius 2 is 2.03 bits per heavy atom. The number of piperidine rings is 1. The van der Waals surface area contributed by atoms with Crippen LogP contribution in [-0.4, -0.2) is 61.6 Å². The maximum absolute atomic E-state index is 13.2. The molecule has 5 heterocycles. The Kier molecular flexibility index (Phi) is 4.31. The van der Waals surface area contributed by atoms with Gasteiger partial charge < -0.3 is 24.5 Å². The lowest BCUT2D eigenvalue weighted by Crippen LogP contribution is -2.33. The molecule has 4 aromatic heterocycles. The standard InChI is InChI=1S/C25H25N5O4/c1-14-9-28-11-17(4-5-19(28)21(14)23(31)26-3)34-20-6-7-27-30-12-18(15(2)22(20)30)24(32)29-10-16-8-25(16,33)13-29/h4-7,9,11-12,16,33H,8,10,13H2,1-3H3,(H,26,31)/t16?,25-/m0/s1. The van der Waals surface area contributed by atoms with Crippen LogP contribution in [0.2, 0.25) is 0 Å². The van der Waals surface area contributed by atoms with Crippen LogP contribution in [0.3, 0.4) is 0 Å². The van der Waals surface area contributed by atoms with Gasteiger partial charge in [0.05, 0.1) is 41.2 Å². The molecule has 1 unspecified atom stereocenters. The molecule has 9 nitrogen and oxygen atoms in total. The molecular weight excluding hydrogens is 434 g/mol. The van der Waals surface area contributed by atoms with E-state index in [1.807, 2.05) is 42.8 Å². The number of likely N-dealkylation sites (tertiary alicyclic amines) is 1. The first-order chi connectivity index (χ1) is 16.3. The van der Waals surface area contributed by atoms with Crippen molar-refractivity contribution in [2.45, 2.75) is 25.9 Å². The molecular formula is C25H25N5O4. The van der Waals surface area contributed by atoms with Gasteiger partial charge in [-0.3, -0.25) is 9.59 Å². The van der Waals surface area contributed by atoms with E-state index in [1.165, 1.54) is 0 Å². The van der Waals surface area contributed by atoms with Crippen LogP contribution in [0.4, 0.5) is 0 Å². The average Bonchev–Trinajstić information content (AvgIpc) is 3.09. The van der Waals surface area contributed by atoms with Crippen molar-refractivity contribution in [3.8, 4) is 11.5 Å². The minimum absolute atomic E-state index is 0.0967. The molecule has 9 heteroatoms. The van der Waals surface area contributed by atoms with Gasteiger partial charge in [0, 0.05) is 38.0 Å². The van der Waals surface area contributed by atoms with Crippen molar-refractivity contribution in [1.82, 2.24) is 24.2 Å². The number of pyridine rings is 1. The summed E-state index contributed by atoms with van der Waals surface area (Å²) in [4.78, 5) is 27.1. The van der Waals surface area contributed by atoms with Crippen LogP contribution >= 0.6 is 0 Å². The smallest absolute Gasteiger partial charge is 0.255 e. The van der Waals surface area contributed by atoms with Crippen molar-refractivity contribution in [3.63, 3.8) is 0 Å². The molecule has 1 aliphatic heterocycles. The molecule has 0 aromatic carbocycles. The monoisotopic (exact) mass is 459 g/mol. The minimum Gasteiger partial charge on any atom is -0.453 e. The Morgan fingerprint density at radius 1 is 1.21 bits per heavy atom. The van der Waals surface area contributed by atoms with E-state index in [0.717, 1.165) is 23.1 Å². The van der Waals surface area contributed by atoms with Crippen LogP contribution in [0.25, 0.3) is 11.0 Å². The number of β-amino-alcohol motifs (C(OH)–C–C–N with tert-alkyl or cyclic N) is 1. The Hall–Kier alpha value is -3.85. The van der Waals surface area contributed by atoms with Gasteiger partial charge in [-0.2, -0.15) is 5.10 Å². The van der Waals surface area contributed by atoms with E-state index in [2.05, 4.69) is 10.4 Å². The average molecular weight is 460 g/mol. The lowest BCUT2D eigenvalue weighted by molar-refractivity contribution is 0.0702. The molecule has 0 radical (unpaired) electrons. The number of carbonyl (C=O) groups excluding carboxylic acids is 2. The van der Waals surface area contributed by atoms with E-state index >= 15 is 0 Å². The summed E-state index contributed by atoms with van der Waals surface area (Å²) in [6, 6.07) is 5.44. The van der Waals surface area contributed by atoms with Gasteiger partial charge in [0.2, 0.25) is 0 Å². The second kappa shape index (κ2) is 7.07. The van der Waals surface area contributed by atoms with E-state index in [9.17, 15) is 14.7 Å². The van der Waals surface area contributed by atoms with Gasteiger partial charge in [-0.25, -0.2) is 4.52 Å². The Bertz CT molecular complexity index is 1500. The zero-order valence-electron chi connectivity index (χ0n) is 19.2. The largest absolute Gasteiger partial charge is 0.453 e. The highest BCUT2D eigenvalue weighted by Crippen LogP contribution is 2.49. The molecule has 2 aliphatic rings. The fourth-order valence-electron chi connectivity index (χ4n) is 5.20. The highest BCUT2D eigenvalue weighted by Gasteiger charge is 2.60. The number of aromatic nitrogens is 3. The number of rotatable bonds is 4. The Labute approximate surface area is 195 Å². The summed E-state index contributed by atoms with van der Waals surface area (Å²) in [6.45, 7) is 4.76. The third-order valence-corrected chi connectivity index (χ3v) is 7.13. The highest BCUT2D eigenvalue weighted by atomic mass is 16.5. The normalized spacial score (nSPS) is 21.2. The maximum atomic E-state index is 13.2. The number of hydrogen-bond acceptors (Lipinski definition) is 5. The molecule has 1 aliphatic carbocycles. The third kappa shape index (κ3) is 3.00. The number of carbonyl (C=O) groups is 2. The first-order valence-corrected chi connectivity index (χ1v) is 11.3. The molecule has 2 N–H and O–H groups in total. The number of hydrogen-bond donors (Lipinski definition) is 2. The van der Waals surface area contributed by atoms with E-state index in [1.54, 1.807) is 34.9 Å². The summed E-state index contributed by atoms with van der Waals surface area (Å²) in [5.41, 5.74) is 3.65. The molecule has 4 aromatic rings. The molecule has 1 saturated carbocycles. The fourth-order valence-corrected chi connectivity index (χ4v) is 5.20. The van der Waals surface area contributed by atoms with Crippen LogP contribution in [-0.2, 0) is 0 Å². The number of amides is 2. The molecule has 2 fully saturated rings. The van der Waals surface area contributed by atoms with Crippen LogP contribution in [0.1, 0.15) is 38.3 Å². The summed E-state index contributed by atoms with van der Waals surface area (Å²) >= 11 is 0. The van der Waals surface area contributed by atoms with Crippen LogP contribution in [0, 0.1) is 19.8 Å². The van der Waals surface area contributed by atoms with Crippen molar-refractivity contribution >= 4 is 22.8 Å². The van der Waals surface area contributed by atoms with Gasteiger partial charge in [-0.05, 0) is 43.5 Å². The lowest BCUT2D eigenvalue weighted by atomic mass is 10.1. The molecule has 34 heavy (non-hydrogen) atoms. The first-order valence-electron chi connectivity index (χ1n) is 11.3. The topological polar surface area (TPSA) is 101 Å². The van der Waals surface area contributed by atoms with E-state index in [-0.39, 0.29) is 17.7 Å². The van der Waals surface area contributed by atoms with E-state index in [4.69, 9.17) is 4.74 Å². The molecule has 0 spiro atoms. The van der Waals surface area contributed by atoms with Gasteiger partial charge in [-0.15, -0.1) is 0 Å². The first kappa shape index (κ1) is 20.7. The maximum Gasteiger partial charge on any atom is 0.255 e. The number of nitrogens with zero attached hydrogens (tertiary/aromatic N) is 4. The third-order valence-electron chi connectivity index (χ3n) is 7.13. The second-order valence-electron chi connectivity index (χ2n) is 9.37. The van der Waals surface area contributed by atoms with Crippen LogP contribution in [0.15, 0.2) is 43.0 Å². The fraction of sp³-hybridized carbons (Fsp3) is 0.320. The number of aryl methyl sites for hydroxylation is 2. The highest BCUT2D eigenvalue weighted by molar-refractivity contribution is 6.02. The Morgan fingerprint density at radius 3 is 2.76 bits per heavy atom. The lowest BCUT2D eigenvalue weighted by Gasteiger charge is -2.18. The predicted molar refractivity (Wildman–Crippen MR) is 124 cm³/mol. The van der Waals surface area contributed by atoms with Gasteiger partial charge in [0.15, 0.2) is 5.75 Å². The van der Waals surface area contributed by atoms with Crippen LogP contribution < -0.4 is 10.1 Å². The number of fused-ring (bicyclic) bond motifs is 3. The van der Waals surface area contributed by atoms with Crippen molar-refractivity contribution in [1.29, 1.82) is 0 Å².